The van der Waals surface area contributed by atoms with Gasteiger partial charge < -0.3 is 57.6 Å². The molecule has 0 saturated carbocycles. The molecular weight excluding hydrogens is 1150 g/mol. The Morgan fingerprint density at radius 2 is 0.690 bits per heavy atom. The first-order valence-corrected chi connectivity index (χ1v) is 24.7. The minimum absolute atomic E-state index is 0.0330. The van der Waals surface area contributed by atoms with Gasteiger partial charge in [-0.3, -0.25) is 28.8 Å². The van der Waals surface area contributed by atoms with Gasteiger partial charge >= 0.3 is 48.3 Å². The maximum atomic E-state index is 11.9. The highest BCUT2D eigenvalue weighted by Gasteiger charge is 2.40. The first-order chi connectivity index (χ1) is 39.0. The molecule has 12 N–H and O–H groups in total. The minimum atomic E-state index is -4.95. The third-order valence-electron chi connectivity index (χ3n) is 10.6. The van der Waals surface area contributed by atoms with Gasteiger partial charge in [-0.05, 0) is 98.8 Å². The van der Waals surface area contributed by atoms with E-state index in [0.29, 0.717) is 35.2 Å². The molecule has 0 bridgehead atoms. The molecule has 462 valence electrons. The molecule has 0 radical (unpaired) electrons. The average molecular weight is 1210 g/mol. The first-order valence-electron chi connectivity index (χ1n) is 24.7. The van der Waals surface area contributed by atoms with Crippen molar-refractivity contribution in [2.24, 2.45) is 5.73 Å². The number of aryl methyl sites for hydroxylation is 2. The van der Waals surface area contributed by atoms with E-state index in [9.17, 15) is 96.8 Å². The Labute approximate surface area is 472 Å². The predicted molar refractivity (Wildman–Crippen MR) is 279 cm³/mol. The van der Waals surface area contributed by atoms with Crippen molar-refractivity contribution in [3.05, 3.63) is 160 Å². The molecule has 0 heterocycles. The predicted octanol–water partition coefficient (Wildman–Crippen LogP) is 8.26. The molecule has 17 nitrogen and oxygen atoms in total. The lowest BCUT2D eigenvalue weighted by Crippen LogP contribution is -2.37. The van der Waals surface area contributed by atoms with Gasteiger partial charge in [0, 0.05) is 50.1 Å². The van der Waals surface area contributed by atoms with Crippen molar-refractivity contribution in [1.29, 1.82) is 0 Å². The number of amides is 4. The number of carbonyl (C=O) groups excluding carboxylic acids is 6. The quantitative estimate of drug-likeness (QED) is 0.0275. The topological polar surface area (TPSA) is 298 Å². The molecule has 84 heavy (non-hydrogen) atoms. The fraction of sp³-hybridized carbons (Fsp3) is 0.345. The molecule has 0 aliphatic rings. The number of halogens is 12. The number of Topliss-reactive ketones (excluding diaryl/α,β-unsaturated/α-hetero) is 2. The van der Waals surface area contributed by atoms with E-state index < -0.39 is 79.0 Å². The maximum absolute atomic E-state index is 11.9. The van der Waals surface area contributed by atoms with Crippen molar-refractivity contribution < 1.29 is 112 Å². The number of carbonyl (C=O) groups is 6. The van der Waals surface area contributed by atoms with Crippen LogP contribution >= 0.6 is 0 Å². The Kier molecular flexibility index (Phi) is 31.3. The van der Waals surface area contributed by atoms with Gasteiger partial charge in [-0.25, -0.2) is 0 Å². The van der Waals surface area contributed by atoms with E-state index in [-0.39, 0.29) is 73.9 Å². The summed E-state index contributed by atoms with van der Waals surface area (Å²) in [7, 11) is 0. The lowest BCUT2D eigenvalue weighted by atomic mass is 10.0. The zero-order chi connectivity index (χ0) is 64.0. The van der Waals surface area contributed by atoms with Crippen molar-refractivity contribution in [1.82, 2.24) is 21.3 Å². The summed E-state index contributed by atoms with van der Waals surface area (Å²) in [6.45, 7) is 2.82. The second-order valence-electron chi connectivity index (χ2n) is 17.6. The Morgan fingerprint density at radius 3 is 1.01 bits per heavy atom. The van der Waals surface area contributed by atoms with Crippen LogP contribution in [0.3, 0.4) is 0 Å². The van der Waals surface area contributed by atoms with Crippen molar-refractivity contribution in [3.8, 4) is 17.2 Å². The second kappa shape index (κ2) is 35.7. The zero-order valence-electron chi connectivity index (χ0n) is 44.6. The normalized spacial score (nSPS) is 12.2. The van der Waals surface area contributed by atoms with Crippen molar-refractivity contribution in [2.45, 2.75) is 89.0 Å². The summed E-state index contributed by atoms with van der Waals surface area (Å²) in [6, 6.07) is 31.5. The summed E-state index contributed by atoms with van der Waals surface area (Å²) in [5.74, 6) is -8.89. The molecule has 5 aromatic rings. The SMILES string of the molecule is Cc1cccc(C(=O)CCNC(=O)C(F)(F)F)c1.Cc1cccc(C(O)CCNC(=O)C(F)(F)F)c1.NCCC(O)c1cccc(O)c1.O=C(CCNC(=O)C(F)(F)F)c1cccc(O)c1.O=C(NCCC(O)c1cccc(O)c1)C(F)(F)F. The molecule has 0 spiro atoms. The van der Waals surface area contributed by atoms with E-state index in [1.54, 1.807) is 81.9 Å². The number of nitrogens with one attached hydrogen (secondary N) is 4. The van der Waals surface area contributed by atoms with Gasteiger partial charge in [0.05, 0.1) is 18.3 Å². The maximum Gasteiger partial charge on any atom is 0.471 e. The summed E-state index contributed by atoms with van der Waals surface area (Å²) in [5.41, 5.74) is 9.43. The number of phenolic OH excluding ortho intramolecular Hbond substituents is 3. The molecule has 0 saturated heterocycles. The highest BCUT2D eigenvalue weighted by molar-refractivity contribution is 5.97. The number of aromatic hydroxyl groups is 3. The van der Waals surface area contributed by atoms with Crippen LogP contribution in [-0.4, -0.2) is 123 Å². The third kappa shape index (κ3) is 30.7. The van der Waals surface area contributed by atoms with Gasteiger partial charge in [0.25, 0.3) is 0 Å². The lowest BCUT2D eigenvalue weighted by Gasteiger charge is -2.13. The lowest BCUT2D eigenvalue weighted by molar-refractivity contribution is -0.173. The van der Waals surface area contributed by atoms with E-state index in [4.69, 9.17) is 21.1 Å². The number of nitrogens with two attached hydrogens (primary N) is 1. The molecular formula is C55H61F12N5O12. The Bertz CT molecular complexity index is 2720. The van der Waals surface area contributed by atoms with Crippen LogP contribution in [0.1, 0.15) is 98.9 Å². The summed E-state index contributed by atoms with van der Waals surface area (Å²) in [6.07, 6.45) is -22.1. The van der Waals surface area contributed by atoms with E-state index in [1.165, 1.54) is 48.5 Å². The summed E-state index contributed by atoms with van der Waals surface area (Å²) < 4.78 is 142. The van der Waals surface area contributed by atoms with Crippen LogP contribution in [0.15, 0.2) is 121 Å². The summed E-state index contributed by atoms with van der Waals surface area (Å²) >= 11 is 0. The number of phenols is 3. The number of rotatable bonds is 19. The Morgan fingerprint density at radius 1 is 0.405 bits per heavy atom. The Hall–Kier alpha value is -8.28. The Balaban J connectivity index is 0.000000528. The minimum Gasteiger partial charge on any atom is -0.508 e. The smallest absolute Gasteiger partial charge is 0.471 e. The van der Waals surface area contributed by atoms with Crippen LogP contribution in [0.5, 0.6) is 17.2 Å². The van der Waals surface area contributed by atoms with Crippen LogP contribution in [0.4, 0.5) is 52.7 Å². The molecule has 29 heteroatoms. The van der Waals surface area contributed by atoms with Crippen LogP contribution in [0, 0.1) is 13.8 Å². The number of alkyl halides is 12. The molecule has 5 rings (SSSR count). The molecule has 3 unspecified atom stereocenters. The molecule has 0 aromatic heterocycles. The number of hydrogen-bond acceptors (Lipinski definition) is 13. The van der Waals surface area contributed by atoms with Gasteiger partial charge in [0.2, 0.25) is 0 Å². The van der Waals surface area contributed by atoms with Gasteiger partial charge in [-0.15, -0.1) is 0 Å². The molecule has 0 aliphatic heterocycles. The van der Waals surface area contributed by atoms with Crippen molar-refractivity contribution in [3.63, 3.8) is 0 Å². The van der Waals surface area contributed by atoms with Gasteiger partial charge in [-0.1, -0.05) is 90.0 Å². The van der Waals surface area contributed by atoms with Crippen molar-refractivity contribution >= 4 is 35.2 Å². The van der Waals surface area contributed by atoms with E-state index >= 15 is 0 Å². The molecule has 5 aromatic carbocycles. The monoisotopic (exact) mass is 1210 g/mol. The average Bonchev–Trinajstić information content (AvgIpc) is 3.50. The number of benzene rings is 5. The largest absolute Gasteiger partial charge is 0.508 e. The zero-order valence-corrected chi connectivity index (χ0v) is 44.6. The highest BCUT2D eigenvalue weighted by atomic mass is 19.4. The second-order valence-corrected chi connectivity index (χ2v) is 17.6. The number of ketones is 2. The van der Waals surface area contributed by atoms with Gasteiger partial charge in [-0.2, -0.15) is 52.7 Å². The van der Waals surface area contributed by atoms with Crippen LogP contribution in [0.2, 0.25) is 0 Å². The standard InChI is InChI=1S/C12H14F3NO2.C12H12F3NO2.C11H12F3NO3.C11H10F3NO3.C9H13NO2/c2*1-8-3-2-4-9(7-8)10(17)5-6-16-11(18)12(13,14)15;2*12-11(13,14)10(18)15-5-4-9(17)7-2-1-3-8(16)6-7;10-5-4-9(12)7-2-1-3-8(11)6-7/h2-4,7,10,17H,5-6H2,1H3,(H,16,18);2-4,7H,5-6H2,1H3,(H,16,18);1-3,6,9,16-17H,4-5H2,(H,15,18);1-3,6,16H,4-5H2,(H,15,18);1-3,6,9,11-12H,4-5,10H2. The van der Waals surface area contributed by atoms with Crippen LogP contribution in [0.25, 0.3) is 0 Å². The highest BCUT2D eigenvalue weighted by Crippen LogP contribution is 2.23. The molecule has 3 atom stereocenters. The molecule has 4 amide bonds. The van der Waals surface area contributed by atoms with E-state index in [2.05, 4.69) is 0 Å². The van der Waals surface area contributed by atoms with E-state index in [0.717, 1.165) is 11.1 Å². The third-order valence-corrected chi connectivity index (χ3v) is 10.6. The van der Waals surface area contributed by atoms with Crippen LogP contribution < -0.4 is 27.0 Å². The molecule has 0 aliphatic carbocycles. The van der Waals surface area contributed by atoms with Crippen LogP contribution in [-0.2, 0) is 19.2 Å². The van der Waals surface area contributed by atoms with Gasteiger partial charge in [0.1, 0.15) is 17.2 Å². The summed E-state index contributed by atoms with van der Waals surface area (Å²) in [5, 5.41) is 62.8. The first kappa shape index (κ1) is 73.7. The number of hydrogen-bond donors (Lipinski definition) is 11. The fourth-order valence-electron chi connectivity index (χ4n) is 6.41. The number of aliphatic hydroxyl groups is 3. The summed E-state index contributed by atoms with van der Waals surface area (Å²) in [4.78, 5) is 65.0. The van der Waals surface area contributed by atoms with Crippen molar-refractivity contribution in [2.75, 3.05) is 32.7 Å². The fourth-order valence-corrected chi connectivity index (χ4v) is 6.41. The molecule has 0 fully saturated rings. The van der Waals surface area contributed by atoms with Gasteiger partial charge in [0.15, 0.2) is 11.6 Å². The van der Waals surface area contributed by atoms with E-state index in [1.807, 2.05) is 26.0 Å². The number of aliphatic hydroxyl groups excluding tert-OH is 3.